The Morgan fingerprint density at radius 3 is 2.20 bits per heavy atom. The van der Waals surface area contributed by atoms with Gasteiger partial charge in [-0.2, -0.15) is 0 Å². The van der Waals surface area contributed by atoms with Crippen molar-refractivity contribution in [1.29, 1.82) is 0 Å². The number of benzene rings is 2. The van der Waals surface area contributed by atoms with Crippen molar-refractivity contribution in [2.75, 3.05) is 19.0 Å². The fourth-order valence-electron chi connectivity index (χ4n) is 4.41. The lowest BCUT2D eigenvalue weighted by Gasteiger charge is -2.41. The van der Waals surface area contributed by atoms with E-state index in [1.807, 2.05) is 26.2 Å². The summed E-state index contributed by atoms with van der Waals surface area (Å²) in [7, 11) is 4.09. The Morgan fingerprint density at radius 1 is 1.00 bits per heavy atom. The molecule has 0 amide bonds. The molecule has 4 nitrogen and oxygen atoms in total. The molecular weight excluding hydrogens is 392 g/mol. The van der Waals surface area contributed by atoms with Crippen LogP contribution in [0.4, 0.5) is 5.69 Å². The summed E-state index contributed by atoms with van der Waals surface area (Å²) in [6.07, 6.45) is 5.70. The number of phenols is 1. The van der Waals surface area contributed by atoms with E-state index in [9.17, 15) is 10.2 Å². The molecule has 3 N–H and O–H groups in total. The maximum absolute atomic E-state index is 12.0. The topological polar surface area (TPSA) is 55.7 Å². The zero-order valence-electron chi connectivity index (χ0n) is 18.7. The van der Waals surface area contributed by atoms with Gasteiger partial charge in [0.2, 0.25) is 0 Å². The summed E-state index contributed by atoms with van der Waals surface area (Å²) in [4.78, 5) is 3.26. The second kappa shape index (κ2) is 10.1. The van der Waals surface area contributed by atoms with Gasteiger partial charge in [0.15, 0.2) is 0 Å². The molecule has 2 aromatic carbocycles. The van der Waals surface area contributed by atoms with Crippen molar-refractivity contribution in [2.24, 2.45) is 0 Å². The number of aliphatic hydroxyl groups excluding tert-OH is 1. The summed E-state index contributed by atoms with van der Waals surface area (Å²) in [5.41, 5.74) is 2.96. The molecule has 2 atom stereocenters. The predicted molar refractivity (Wildman–Crippen MR) is 127 cm³/mol. The third-order valence-electron chi connectivity index (χ3n) is 6.30. The third-order valence-corrected chi connectivity index (χ3v) is 7.40. The monoisotopic (exact) mass is 428 g/mol. The van der Waals surface area contributed by atoms with Gasteiger partial charge in [-0.3, -0.25) is 4.72 Å². The maximum atomic E-state index is 12.0. The molecule has 30 heavy (non-hydrogen) atoms. The lowest BCUT2D eigenvalue weighted by molar-refractivity contribution is 0.0483. The number of nitrogens with one attached hydrogen (secondary N) is 1. The minimum atomic E-state index is -0.564. The second-order valence-corrected chi connectivity index (χ2v) is 9.55. The van der Waals surface area contributed by atoms with Crippen LogP contribution in [0.1, 0.15) is 69.4 Å². The van der Waals surface area contributed by atoms with Crippen LogP contribution in [0, 0.1) is 0 Å². The Kier molecular flexibility index (Phi) is 7.72. The Hall–Kier alpha value is -1.69. The molecule has 2 unspecified atom stereocenters. The molecule has 2 aromatic rings. The minimum absolute atomic E-state index is 0.156. The van der Waals surface area contributed by atoms with Crippen LogP contribution in [0.3, 0.4) is 0 Å². The van der Waals surface area contributed by atoms with Gasteiger partial charge in [0.05, 0.1) is 11.6 Å². The first-order valence-corrected chi connectivity index (χ1v) is 12.0. The minimum Gasteiger partial charge on any atom is -0.508 e. The summed E-state index contributed by atoms with van der Waals surface area (Å²) < 4.78 is 3.73. The Labute approximate surface area is 185 Å². The number of rotatable bonds is 8. The second-order valence-electron chi connectivity index (χ2n) is 8.70. The third kappa shape index (κ3) is 4.79. The summed E-state index contributed by atoms with van der Waals surface area (Å²) >= 11 is 1.67. The van der Waals surface area contributed by atoms with Gasteiger partial charge in [0.1, 0.15) is 5.75 Å². The highest BCUT2D eigenvalue weighted by Crippen LogP contribution is 2.46. The standard InChI is InChI=1S/C25H36N2O2S/c1-5-7-15-25(16-8-6-2)24(29)23(18-9-12-20(28)13-10-18)21-17-19(27(3)4)11-14-22(21)30-26-25/h9-14,17,23-24,26,28-29H,5-8,15-16H2,1-4H3. The first-order chi connectivity index (χ1) is 14.4. The molecule has 0 fully saturated rings. The molecule has 0 saturated carbocycles. The van der Waals surface area contributed by atoms with Gasteiger partial charge in [-0.1, -0.05) is 51.7 Å². The van der Waals surface area contributed by atoms with Gasteiger partial charge in [-0.15, -0.1) is 0 Å². The Morgan fingerprint density at radius 2 is 1.63 bits per heavy atom. The molecule has 5 heteroatoms. The quantitative estimate of drug-likeness (QED) is 0.472. The van der Waals surface area contributed by atoms with Crippen LogP contribution < -0.4 is 9.62 Å². The van der Waals surface area contributed by atoms with Crippen molar-refractivity contribution in [1.82, 2.24) is 4.72 Å². The lowest BCUT2D eigenvalue weighted by atomic mass is 9.73. The number of anilines is 1. The van der Waals surface area contributed by atoms with E-state index in [1.54, 1.807) is 24.1 Å². The zero-order chi connectivity index (χ0) is 21.7. The number of hydrogen-bond donors (Lipinski definition) is 3. The maximum Gasteiger partial charge on any atom is 0.115 e. The molecule has 1 aliphatic rings. The van der Waals surface area contributed by atoms with Gasteiger partial charge < -0.3 is 15.1 Å². The van der Waals surface area contributed by atoms with Crippen LogP contribution in [-0.2, 0) is 0 Å². The molecule has 0 saturated heterocycles. The van der Waals surface area contributed by atoms with Gasteiger partial charge in [-0.05, 0) is 66.2 Å². The molecule has 0 spiro atoms. The van der Waals surface area contributed by atoms with E-state index in [0.717, 1.165) is 60.2 Å². The number of aromatic hydroxyl groups is 1. The summed E-state index contributed by atoms with van der Waals surface area (Å²) in [5, 5.41) is 21.8. The highest BCUT2D eigenvalue weighted by atomic mass is 32.2. The first kappa shape index (κ1) is 23.0. The van der Waals surface area contributed by atoms with Crippen LogP contribution in [-0.4, -0.2) is 36.0 Å². The summed E-state index contributed by atoms with van der Waals surface area (Å²) in [5.74, 6) is 0.0940. The summed E-state index contributed by atoms with van der Waals surface area (Å²) in [6, 6.07) is 13.9. The van der Waals surface area contributed by atoms with Crippen LogP contribution in [0.2, 0.25) is 0 Å². The van der Waals surface area contributed by atoms with E-state index in [1.165, 1.54) is 0 Å². The highest BCUT2D eigenvalue weighted by molar-refractivity contribution is 7.97. The van der Waals surface area contributed by atoms with Crippen LogP contribution in [0.5, 0.6) is 5.75 Å². The number of fused-ring (bicyclic) bond motifs is 1. The molecule has 0 aliphatic carbocycles. The van der Waals surface area contributed by atoms with Gasteiger partial charge in [-0.25, -0.2) is 0 Å². The summed E-state index contributed by atoms with van der Waals surface area (Å²) in [6.45, 7) is 4.42. The van der Waals surface area contributed by atoms with Crippen molar-refractivity contribution >= 4 is 17.6 Å². The molecule has 1 aliphatic heterocycles. The average molecular weight is 429 g/mol. The highest BCUT2D eigenvalue weighted by Gasteiger charge is 2.45. The van der Waals surface area contributed by atoms with E-state index in [4.69, 9.17) is 0 Å². The first-order valence-electron chi connectivity index (χ1n) is 11.1. The zero-order valence-corrected chi connectivity index (χ0v) is 19.5. The molecule has 0 bridgehead atoms. The molecule has 1 heterocycles. The molecule has 0 aromatic heterocycles. The largest absolute Gasteiger partial charge is 0.508 e. The van der Waals surface area contributed by atoms with E-state index < -0.39 is 6.10 Å². The fraction of sp³-hybridized carbons (Fsp3) is 0.520. The van der Waals surface area contributed by atoms with Crippen molar-refractivity contribution in [3.05, 3.63) is 53.6 Å². The average Bonchev–Trinajstić information content (AvgIpc) is 2.86. The van der Waals surface area contributed by atoms with Gasteiger partial charge in [0.25, 0.3) is 0 Å². The molecular formula is C25H36N2O2S. The number of unbranched alkanes of at least 4 members (excludes halogenated alkanes) is 2. The van der Waals surface area contributed by atoms with E-state index in [2.05, 4.69) is 41.7 Å². The van der Waals surface area contributed by atoms with E-state index in [0.29, 0.717) is 0 Å². The smallest absolute Gasteiger partial charge is 0.115 e. The van der Waals surface area contributed by atoms with Crippen molar-refractivity contribution in [3.63, 3.8) is 0 Å². The Balaban J connectivity index is 2.15. The van der Waals surface area contributed by atoms with E-state index >= 15 is 0 Å². The fourth-order valence-corrected chi connectivity index (χ4v) is 5.48. The number of hydrogen-bond acceptors (Lipinski definition) is 5. The molecule has 0 radical (unpaired) electrons. The Bertz CT molecular complexity index is 814. The van der Waals surface area contributed by atoms with Crippen LogP contribution in [0.15, 0.2) is 47.4 Å². The van der Waals surface area contributed by atoms with Gasteiger partial charge in [0, 0.05) is 30.6 Å². The van der Waals surface area contributed by atoms with Gasteiger partial charge >= 0.3 is 0 Å². The predicted octanol–water partition coefficient (Wildman–Crippen LogP) is 5.68. The van der Waals surface area contributed by atoms with E-state index in [-0.39, 0.29) is 17.2 Å². The number of aliphatic hydroxyl groups is 1. The molecule has 3 rings (SSSR count). The SMILES string of the molecule is CCCCC1(CCCC)NSc2ccc(N(C)C)cc2C(c2ccc(O)cc2)C1O. The van der Waals surface area contributed by atoms with Crippen molar-refractivity contribution < 1.29 is 10.2 Å². The lowest BCUT2D eigenvalue weighted by Crippen LogP contribution is -2.53. The normalized spacial score (nSPS) is 20.4. The van der Waals surface area contributed by atoms with Crippen molar-refractivity contribution in [2.45, 2.75) is 74.8 Å². The van der Waals surface area contributed by atoms with Crippen LogP contribution >= 0.6 is 11.9 Å². The molecule has 164 valence electrons. The van der Waals surface area contributed by atoms with Crippen molar-refractivity contribution in [3.8, 4) is 5.75 Å². The number of phenolic OH excluding ortho intramolecular Hbond substituents is 1. The number of nitrogens with zero attached hydrogens (tertiary/aromatic N) is 1. The van der Waals surface area contributed by atoms with Crippen LogP contribution in [0.25, 0.3) is 0 Å².